The van der Waals surface area contributed by atoms with Crippen molar-refractivity contribution < 1.29 is 19.1 Å². The first-order valence-electron chi connectivity index (χ1n) is 8.51. The minimum absolute atomic E-state index is 0.0308. The normalized spacial score (nSPS) is 13.1. The van der Waals surface area contributed by atoms with Crippen LogP contribution >= 0.6 is 11.3 Å². The van der Waals surface area contributed by atoms with E-state index in [9.17, 15) is 14.4 Å². The van der Waals surface area contributed by atoms with Crippen LogP contribution in [0.15, 0.2) is 29.6 Å². The first-order chi connectivity index (χ1) is 13.6. The Bertz CT molecular complexity index is 936. The lowest BCUT2D eigenvalue weighted by atomic mass is 10.2. The molecule has 1 aliphatic rings. The second kappa shape index (κ2) is 8.96. The minimum atomic E-state index is -0.567. The lowest BCUT2D eigenvalue weighted by Gasteiger charge is -2.10. The van der Waals surface area contributed by atoms with Crippen molar-refractivity contribution in [3.63, 3.8) is 0 Å². The number of ether oxygens (including phenoxy) is 1. The first kappa shape index (κ1) is 19.3. The Morgan fingerprint density at radius 3 is 2.82 bits per heavy atom. The molecule has 0 radical (unpaired) electrons. The number of hydrogen-bond acceptors (Lipinski definition) is 7. The van der Waals surface area contributed by atoms with Gasteiger partial charge in [0.15, 0.2) is 11.7 Å². The number of thiazole rings is 1. The third kappa shape index (κ3) is 4.83. The molecule has 1 aromatic carbocycles. The van der Waals surface area contributed by atoms with Crippen LogP contribution in [0.5, 0.6) is 5.75 Å². The molecular weight excluding hydrogens is 382 g/mol. The zero-order chi connectivity index (χ0) is 19.9. The van der Waals surface area contributed by atoms with Crippen LogP contribution < -0.4 is 20.5 Å². The Morgan fingerprint density at radius 1 is 1.29 bits per heavy atom. The van der Waals surface area contributed by atoms with Gasteiger partial charge in [0.05, 0.1) is 17.7 Å². The zero-order valence-corrected chi connectivity index (χ0v) is 15.6. The number of carbonyl (C=O) groups excluding carboxylic acids is 3. The van der Waals surface area contributed by atoms with Gasteiger partial charge in [-0.3, -0.25) is 30.1 Å². The van der Waals surface area contributed by atoms with Crippen LogP contribution in [0.1, 0.15) is 24.1 Å². The molecular formula is C18H17N5O4S. The monoisotopic (exact) mass is 399 g/mol. The summed E-state index contributed by atoms with van der Waals surface area (Å²) in [6.07, 6.45) is 1.29. The average molecular weight is 399 g/mol. The molecule has 3 amide bonds. The lowest BCUT2D eigenvalue weighted by molar-refractivity contribution is -0.129. The topological polar surface area (TPSA) is 124 Å². The van der Waals surface area contributed by atoms with E-state index < -0.39 is 11.8 Å². The standard InChI is InChI=1S/C18H17N5O4S/c19-9-12-4-1-2-5-14(12)27-10-16(25)22-21-15(24)8-13-11-28-18(20-13)23-7-3-6-17(23)26/h1-2,4-5,11H,3,6-8,10H2,(H,21,24)(H,22,25). The van der Waals surface area contributed by atoms with Crippen LogP contribution in [0.4, 0.5) is 5.13 Å². The van der Waals surface area contributed by atoms with Gasteiger partial charge in [-0.15, -0.1) is 11.3 Å². The summed E-state index contributed by atoms with van der Waals surface area (Å²) in [5, 5.41) is 11.3. The molecule has 144 valence electrons. The van der Waals surface area contributed by atoms with E-state index in [1.54, 1.807) is 34.5 Å². The van der Waals surface area contributed by atoms with E-state index in [0.29, 0.717) is 29.4 Å². The highest BCUT2D eigenvalue weighted by Gasteiger charge is 2.24. The van der Waals surface area contributed by atoms with Crippen molar-refractivity contribution in [2.45, 2.75) is 19.3 Å². The number of hydrazine groups is 1. The number of benzene rings is 1. The molecule has 0 unspecified atom stereocenters. The predicted molar refractivity (Wildman–Crippen MR) is 100 cm³/mol. The van der Waals surface area contributed by atoms with Crippen molar-refractivity contribution in [3.05, 3.63) is 40.9 Å². The highest BCUT2D eigenvalue weighted by Crippen LogP contribution is 2.25. The van der Waals surface area contributed by atoms with Gasteiger partial charge in [-0.05, 0) is 18.6 Å². The molecule has 0 atom stereocenters. The fourth-order valence-corrected chi connectivity index (χ4v) is 3.43. The Morgan fingerprint density at radius 2 is 2.07 bits per heavy atom. The molecule has 3 rings (SSSR count). The van der Waals surface area contributed by atoms with Gasteiger partial charge in [0, 0.05) is 18.3 Å². The molecule has 1 fully saturated rings. The van der Waals surface area contributed by atoms with Crippen LogP contribution in [0, 0.1) is 11.3 Å². The maximum atomic E-state index is 12.0. The molecule has 1 aromatic heterocycles. The highest BCUT2D eigenvalue weighted by atomic mass is 32.1. The number of nitrogens with zero attached hydrogens (tertiary/aromatic N) is 3. The lowest BCUT2D eigenvalue weighted by Crippen LogP contribution is -2.44. The first-order valence-corrected chi connectivity index (χ1v) is 9.39. The van der Waals surface area contributed by atoms with E-state index in [2.05, 4.69) is 15.8 Å². The number of nitrogens with one attached hydrogen (secondary N) is 2. The molecule has 0 bridgehead atoms. The number of carbonyl (C=O) groups is 3. The molecule has 10 heteroatoms. The molecule has 0 saturated carbocycles. The third-order valence-electron chi connectivity index (χ3n) is 3.89. The van der Waals surface area contributed by atoms with Crippen LogP contribution in [0.3, 0.4) is 0 Å². The summed E-state index contributed by atoms with van der Waals surface area (Å²) < 4.78 is 5.28. The number of para-hydroxylation sites is 1. The molecule has 1 aliphatic heterocycles. The Labute approximate surface area is 164 Å². The maximum Gasteiger partial charge on any atom is 0.276 e. The van der Waals surface area contributed by atoms with Gasteiger partial charge < -0.3 is 4.74 Å². The second-order valence-electron chi connectivity index (χ2n) is 5.94. The van der Waals surface area contributed by atoms with Gasteiger partial charge in [0.25, 0.3) is 5.91 Å². The molecule has 9 nitrogen and oxygen atoms in total. The zero-order valence-electron chi connectivity index (χ0n) is 14.8. The van der Waals surface area contributed by atoms with Gasteiger partial charge in [0.1, 0.15) is 11.8 Å². The van der Waals surface area contributed by atoms with E-state index >= 15 is 0 Å². The fourth-order valence-electron chi connectivity index (χ4n) is 2.56. The molecule has 1 saturated heterocycles. The van der Waals surface area contributed by atoms with Crippen molar-refractivity contribution >= 4 is 34.2 Å². The van der Waals surface area contributed by atoms with E-state index in [-0.39, 0.29) is 24.7 Å². The summed E-state index contributed by atoms with van der Waals surface area (Å²) >= 11 is 1.31. The van der Waals surface area contributed by atoms with E-state index in [1.807, 2.05) is 6.07 Å². The molecule has 2 N–H and O–H groups in total. The minimum Gasteiger partial charge on any atom is -0.482 e. The van der Waals surface area contributed by atoms with Gasteiger partial charge in [-0.1, -0.05) is 12.1 Å². The summed E-state index contributed by atoms with van der Waals surface area (Å²) in [5.74, 6) is -0.688. The Hall–Kier alpha value is -3.45. The quantitative estimate of drug-likeness (QED) is 0.696. The third-order valence-corrected chi connectivity index (χ3v) is 4.81. The number of amides is 3. The van der Waals surface area contributed by atoms with Crippen LogP contribution in [-0.4, -0.2) is 35.9 Å². The summed E-state index contributed by atoms with van der Waals surface area (Å²) in [4.78, 5) is 41.4. The highest BCUT2D eigenvalue weighted by molar-refractivity contribution is 7.14. The number of hydrogen-bond donors (Lipinski definition) is 2. The largest absolute Gasteiger partial charge is 0.482 e. The number of rotatable bonds is 6. The van der Waals surface area contributed by atoms with Crippen molar-refractivity contribution in [2.24, 2.45) is 0 Å². The van der Waals surface area contributed by atoms with Crippen LogP contribution in [0.2, 0.25) is 0 Å². The van der Waals surface area contributed by atoms with Gasteiger partial charge in [-0.2, -0.15) is 5.26 Å². The predicted octanol–water partition coefficient (Wildman–Crippen LogP) is 0.910. The van der Waals surface area contributed by atoms with Gasteiger partial charge in [-0.25, -0.2) is 4.98 Å². The smallest absolute Gasteiger partial charge is 0.276 e. The summed E-state index contributed by atoms with van der Waals surface area (Å²) in [7, 11) is 0. The fraction of sp³-hybridized carbons (Fsp3) is 0.278. The van der Waals surface area contributed by atoms with E-state index in [0.717, 1.165) is 6.42 Å². The molecule has 2 aromatic rings. The number of aromatic nitrogens is 1. The summed E-state index contributed by atoms with van der Waals surface area (Å²) in [5.41, 5.74) is 5.36. The number of nitriles is 1. The van der Waals surface area contributed by atoms with Crippen molar-refractivity contribution in [3.8, 4) is 11.8 Å². The molecule has 2 heterocycles. The average Bonchev–Trinajstić information content (AvgIpc) is 3.33. The van der Waals surface area contributed by atoms with E-state index in [1.165, 1.54) is 11.3 Å². The second-order valence-corrected chi connectivity index (χ2v) is 6.78. The SMILES string of the molecule is N#Cc1ccccc1OCC(=O)NNC(=O)Cc1csc(N2CCCC2=O)n1. The molecule has 28 heavy (non-hydrogen) atoms. The summed E-state index contributed by atoms with van der Waals surface area (Å²) in [6, 6.07) is 8.50. The Kier molecular flexibility index (Phi) is 6.18. The number of anilines is 1. The van der Waals surface area contributed by atoms with Gasteiger partial charge >= 0.3 is 0 Å². The van der Waals surface area contributed by atoms with E-state index in [4.69, 9.17) is 10.00 Å². The van der Waals surface area contributed by atoms with Crippen molar-refractivity contribution in [2.75, 3.05) is 18.1 Å². The molecule has 0 spiro atoms. The van der Waals surface area contributed by atoms with Gasteiger partial charge in [0.2, 0.25) is 11.8 Å². The van der Waals surface area contributed by atoms with Crippen LogP contribution in [0.25, 0.3) is 0 Å². The molecule has 0 aliphatic carbocycles. The maximum absolute atomic E-state index is 12.0. The van der Waals surface area contributed by atoms with Crippen molar-refractivity contribution in [1.29, 1.82) is 5.26 Å². The van der Waals surface area contributed by atoms with Crippen molar-refractivity contribution in [1.82, 2.24) is 15.8 Å². The van der Waals surface area contributed by atoms with Crippen LogP contribution in [-0.2, 0) is 20.8 Å². The Balaban J connectivity index is 1.43. The summed E-state index contributed by atoms with van der Waals surface area (Å²) in [6.45, 7) is 0.292.